The van der Waals surface area contributed by atoms with E-state index in [0.717, 1.165) is 39.0 Å². The van der Waals surface area contributed by atoms with Gasteiger partial charge in [0, 0.05) is 6.61 Å². The van der Waals surface area contributed by atoms with Gasteiger partial charge in [-0.3, -0.25) is 0 Å². The van der Waals surface area contributed by atoms with E-state index in [1.807, 2.05) is 0 Å². The van der Waals surface area contributed by atoms with Gasteiger partial charge in [0.05, 0.1) is 6.61 Å². The summed E-state index contributed by atoms with van der Waals surface area (Å²) in [6, 6.07) is 0. The highest BCUT2D eigenvalue weighted by atomic mass is 16.5. The van der Waals surface area contributed by atoms with Crippen LogP contribution in [0.5, 0.6) is 0 Å². The Morgan fingerprint density at radius 2 is 2.08 bits per heavy atom. The summed E-state index contributed by atoms with van der Waals surface area (Å²) in [6.45, 7) is 10.7. The van der Waals surface area contributed by atoms with Crippen LogP contribution < -0.4 is 5.73 Å². The summed E-state index contributed by atoms with van der Waals surface area (Å²) in [6.07, 6.45) is 3.07. The van der Waals surface area contributed by atoms with Crippen molar-refractivity contribution in [3.63, 3.8) is 0 Å². The van der Waals surface area contributed by atoms with E-state index in [2.05, 4.69) is 20.4 Å². The summed E-state index contributed by atoms with van der Waals surface area (Å²) in [7, 11) is 0. The third-order valence-corrected chi connectivity index (χ3v) is 1.79. The van der Waals surface area contributed by atoms with E-state index in [-0.39, 0.29) is 0 Å². The predicted molar refractivity (Wildman–Crippen MR) is 57.7 cm³/mol. The van der Waals surface area contributed by atoms with E-state index in [9.17, 15) is 0 Å². The predicted octanol–water partition coefficient (Wildman–Crippen LogP) is 2.34. The SMILES string of the molecule is C=C(CCCN)CCOCC(C)C. The Morgan fingerprint density at radius 3 is 2.62 bits per heavy atom. The molecular weight excluding hydrogens is 162 g/mol. The maximum Gasteiger partial charge on any atom is 0.0503 e. The van der Waals surface area contributed by atoms with Gasteiger partial charge in [-0.25, -0.2) is 0 Å². The van der Waals surface area contributed by atoms with E-state index < -0.39 is 0 Å². The number of ether oxygens (including phenoxy) is 1. The molecule has 0 spiro atoms. The van der Waals surface area contributed by atoms with Gasteiger partial charge in [-0.2, -0.15) is 0 Å². The zero-order valence-corrected chi connectivity index (χ0v) is 9.01. The zero-order valence-electron chi connectivity index (χ0n) is 9.01. The van der Waals surface area contributed by atoms with Crippen molar-refractivity contribution in [2.75, 3.05) is 19.8 Å². The van der Waals surface area contributed by atoms with E-state index >= 15 is 0 Å². The van der Waals surface area contributed by atoms with Crippen molar-refractivity contribution in [2.24, 2.45) is 11.7 Å². The van der Waals surface area contributed by atoms with Crippen LogP contribution in [-0.4, -0.2) is 19.8 Å². The zero-order chi connectivity index (χ0) is 10.1. The van der Waals surface area contributed by atoms with E-state index in [4.69, 9.17) is 10.5 Å². The molecule has 0 radical (unpaired) electrons. The molecule has 78 valence electrons. The summed E-state index contributed by atoms with van der Waals surface area (Å²) in [5.41, 5.74) is 6.66. The average molecular weight is 185 g/mol. The molecule has 0 saturated heterocycles. The quantitative estimate of drug-likeness (QED) is 0.465. The van der Waals surface area contributed by atoms with Gasteiger partial charge in [0.15, 0.2) is 0 Å². The first-order valence-electron chi connectivity index (χ1n) is 5.11. The van der Waals surface area contributed by atoms with Crippen LogP contribution in [0.15, 0.2) is 12.2 Å². The van der Waals surface area contributed by atoms with Crippen LogP contribution in [0.1, 0.15) is 33.1 Å². The third-order valence-electron chi connectivity index (χ3n) is 1.79. The molecular formula is C11H23NO. The fourth-order valence-corrected chi connectivity index (χ4v) is 1.01. The molecule has 0 aliphatic rings. The molecule has 0 aromatic rings. The molecule has 0 atom stereocenters. The minimum atomic E-state index is 0.623. The Kier molecular flexibility index (Phi) is 8.05. The van der Waals surface area contributed by atoms with E-state index in [0.29, 0.717) is 5.92 Å². The lowest BCUT2D eigenvalue weighted by atomic mass is 10.1. The number of hydrogen-bond donors (Lipinski definition) is 1. The first-order valence-corrected chi connectivity index (χ1v) is 5.11. The van der Waals surface area contributed by atoms with Crippen molar-refractivity contribution in [3.05, 3.63) is 12.2 Å². The maximum atomic E-state index is 5.45. The van der Waals surface area contributed by atoms with E-state index in [1.165, 1.54) is 5.57 Å². The Balaban J connectivity index is 3.17. The summed E-state index contributed by atoms with van der Waals surface area (Å²) in [5, 5.41) is 0. The smallest absolute Gasteiger partial charge is 0.0503 e. The van der Waals surface area contributed by atoms with Gasteiger partial charge in [0.25, 0.3) is 0 Å². The van der Waals surface area contributed by atoms with Crippen molar-refractivity contribution >= 4 is 0 Å². The van der Waals surface area contributed by atoms with Crippen LogP contribution in [-0.2, 0) is 4.74 Å². The summed E-state index contributed by atoms with van der Waals surface area (Å²) >= 11 is 0. The Hall–Kier alpha value is -0.340. The summed E-state index contributed by atoms with van der Waals surface area (Å²) < 4.78 is 5.45. The van der Waals surface area contributed by atoms with E-state index in [1.54, 1.807) is 0 Å². The minimum Gasteiger partial charge on any atom is -0.381 e. The Morgan fingerprint density at radius 1 is 1.38 bits per heavy atom. The fourth-order valence-electron chi connectivity index (χ4n) is 1.01. The lowest BCUT2D eigenvalue weighted by Crippen LogP contribution is -2.04. The van der Waals surface area contributed by atoms with Crippen LogP contribution in [0.25, 0.3) is 0 Å². The standard InChI is InChI=1S/C11H23NO/c1-10(2)9-13-8-6-11(3)5-4-7-12/h10H,3-9,12H2,1-2H3. The average Bonchev–Trinajstić information content (AvgIpc) is 2.08. The molecule has 13 heavy (non-hydrogen) atoms. The van der Waals surface area contributed by atoms with Crippen molar-refractivity contribution in [1.29, 1.82) is 0 Å². The molecule has 0 unspecified atom stereocenters. The van der Waals surface area contributed by atoms with Crippen molar-refractivity contribution in [2.45, 2.75) is 33.1 Å². The molecule has 2 heteroatoms. The van der Waals surface area contributed by atoms with Gasteiger partial charge in [-0.1, -0.05) is 26.0 Å². The van der Waals surface area contributed by atoms with Gasteiger partial charge in [-0.05, 0) is 31.7 Å². The second kappa shape index (κ2) is 8.27. The number of rotatable bonds is 8. The molecule has 2 nitrogen and oxygen atoms in total. The first-order chi connectivity index (χ1) is 6.16. The van der Waals surface area contributed by atoms with Crippen LogP contribution in [0, 0.1) is 5.92 Å². The van der Waals surface area contributed by atoms with Gasteiger partial charge in [0.1, 0.15) is 0 Å². The molecule has 0 aromatic heterocycles. The highest BCUT2D eigenvalue weighted by Gasteiger charge is 1.96. The molecule has 0 heterocycles. The Labute approximate surface area is 82.2 Å². The van der Waals surface area contributed by atoms with Crippen LogP contribution in [0.3, 0.4) is 0 Å². The van der Waals surface area contributed by atoms with Crippen LogP contribution in [0.2, 0.25) is 0 Å². The van der Waals surface area contributed by atoms with Crippen molar-refractivity contribution in [3.8, 4) is 0 Å². The second-order valence-electron chi connectivity index (χ2n) is 3.86. The maximum absolute atomic E-state index is 5.45. The van der Waals surface area contributed by atoms with Crippen molar-refractivity contribution < 1.29 is 4.74 Å². The highest BCUT2D eigenvalue weighted by molar-refractivity contribution is 4.93. The molecule has 0 rings (SSSR count). The van der Waals surface area contributed by atoms with Gasteiger partial charge < -0.3 is 10.5 Å². The lowest BCUT2D eigenvalue weighted by molar-refractivity contribution is 0.112. The minimum absolute atomic E-state index is 0.623. The molecule has 2 N–H and O–H groups in total. The highest BCUT2D eigenvalue weighted by Crippen LogP contribution is 2.06. The van der Waals surface area contributed by atoms with Gasteiger partial charge in [0.2, 0.25) is 0 Å². The number of hydrogen-bond acceptors (Lipinski definition) is 2. The monoisotopic (exact) mass is 185 g/mol. The van der Waals surface area contributed by atoms with Crippen LogP contribution >= 0.6 is 0 Å². The summed E-state index contributed by atoms with van der Waals surface area (Å²) in [5.74, 6) is 0.623. The molecule has 0 aliphatic heterocycles. The lowest BCUT2D eigenvalue weighted by Gasteiger charge is -2.07. The molecule has 0 bridgehead atoms. The first kappa shape index (κ1) is 12.7. The molecule has 0 saturated carbocycles. The number of nitrogens with two attached hydrogens (primary N) is 1. The molecule has 0 fully saturated rings. The second-order valence-corrected chi connectivity index (χ2v) is 3.86. The fraction of sp³-hybridized carbons (Fsp3) is 0.818. The largest absolute Gasteiger partial charge is 0.381 e. The molecule has 0 amide bonds. The van der Waals surface area contributed by atoms with Crippen LogP contribution in [0.4, 0.5) is 0 Å². The topological polar surface area (TPSA) is 35.2 Å². The van der Waals surface area contributed by atoms with Gasteiger partial charge >= 0.3 is 0 Å². The normalized spacial score (nSPS) is 10.8. The van der Waals surface area contributed by atoms with Crippen molar-refractivity contribution in [1.82, 2.24) is 0 Å². The van der Waals surface area contributed by atoms with Gasteiger partial charge in [-0.15, -0.1) is 0 Å². The third kappa shape index (κ3) is 9.57. The summed E-state index contributed by atoms with van der Waals surface area (Å²) in [4.78, 5) is 0. The molecule has 0 aromatic carbocycles. The Bertz CT molecular complexity index is 132. The molecule has 0 aliphatic carbocycles.